The fourth-order valence-corrected chi connectivity index (χ4v) is 1.66. The summed E-state index contributed by atoms with van der Waals surface area (Å²) < 4.78 is 0. The Morgan fingerprint density at radius 2 is 2.00 bits per heavy atom. The quantitative estimate of drug-likeness (QED) is 0.801. The van der Waals surface area contributed by atoms with Gasteiger partial charge in [0, 0.05) is 25.6 Å². The topological polar surface area (TPSA) is 53.9 Å². The van der Waals surface area contributed by atoms with Gasteiger partial charge in [-0.3, -0.25) is 0 Å². The van der Waals surface area contributed by atoms with Crippen molar-refractivity contribution >= 4 is 23.5 Å². The minimum Gasteiger partial charge on any atom is -0.351 e. The van der Waals surface area contributed by atoms with Gasteiger partial charge in [-0.25, -0.2) is 0 Å². The number of nitrogens with one attached hydrogen (secondary N) is 1. The van der Waals surface area contributed by atoms with E-state index < -0.39 is 0 Å². The Hall–Kier alpha value is -1.54. The Bertz CT molecular complexity index is 425. The SMILES string of the molecule is C#CCC(C)Nc1nc(Cl)nc(N(CC)CC)n1. The van der Waals surface area contributed by atoms with Gasteiger partial charge >= 0.3 is 0 Å². The van der Waals surface area contributed by atoms with Crippen LogP contribution in [0.15, 0.2) is 0 Å². The molecule has 0 saturated carbocycles. The summed E-state index contributed by atoms with van der Waals surface area (Å²) in [6.45, 7) is 7.67. The van der Waals surface area contributed by atoms with Crippen LogP contribution in [0, 0.1) is 12.3 Å². The van der Waals surface area contributed by atoms with Gasteiger partial charge in [-0.2, -0.15) is 15.0 Å². The third-order valence-corrected chi connectivity index (χ3v) is 2.61. The van der Waals surface area contributed by atoms with Crippen molar-refractivity contribution in [2.75, 3.05) is 23.3 Å². The average Bonchev–Trinajstić information content (AvgIpc) is 2.30. The Balaban J connectivity index is 2.90. The van der Waals surface area contributed by atoms with E-state index in [9.17, 15) is 0 Å². The Labute approximate surface area is 113 Å². The van der Waals surface area contributed by atoms with Crippen LogP contribution < -0.4 is 10.2 Å². The lowest BCUT2D eigenvalue weighted by molar-refractivity contribution is 0.785. The third kappa shape index (κ3) is 4.04. The monoisotopic (exact) mass is 267 g/mol. The van der Waals surface area contributed by atoms with Crippen LogP contribution in [0.2, 0.25) is 5.28 Å². The average molecular weight is 268 g/mol. The molecule has 0 bridgehead atoms. The van der Waals surface area contributed by atoms with Crippen LogP contribution in [0.3, 0.4) is 0 Å². The highest BCUT2D eigenvalue weighted by atomic mass is 35.5. The minimum atomic E-state index is 0.0954. The molecule has 0 fully saturated rings. The van der Waals surface area contributed by atoms with E-state index in [1.807, 2.05) is 25.7 Å². The minimum absolute atomic E-state index is 0.0954. The molecule has 0 saturated heterocycles. The molecule has 1 aromatic heterocycles. The van der Waals surface area contributed by atoms with E-state index in [1.54, 1.807) is 0 Å². The van der Waals surface area contributed by atoms with Crippen molar-refractivity contribution in [1.82, 2.24) is 15.0 Å². The molecule has 0 radical (unpaired) electrons. The largest absolute Gasteiger partial charge is 0.351 e. The van der Waals surface area contributed by atoms with Crippen LogP contribution in [0.25, 0.3) is 0 Å². The highest BCUT2D eigenvalue weighted by Gasteiger charge is 2.11. The van der Waals surface area contributed by atoms with Gasteiger partial charge < -0.3 is 10.2 Å². The standard InChI is InChI=1S/C12H18ClN5/c1-5-8-9(4)14-11-15-10(13)16-12(17-11)18(6-2)7-3/h1,9H,6-8H2,2-4H3,(H,14,15,16,17). The number of anilines is 2. The van der Waals surface area contributed by atoms with Crippen LogP contribution >= 0.6 is 11.6 Å². The van der Waals surface area contributed by atoms with E-state index in [2.05, 4.69) is 26.2 Å². The molecular formula is C12H18ClN5. The summed E-state index contributed by atoms with van der Waals surface area (Å²) in [6.07, 6.45) is 5.86. The highest BCUT2D eigenvalue weighted by molar-refractivity contribution is 6.28. The first kappa shape index (κ1) is 14.5. The van der Waals surface area contributed by atoms with E-state index >= 15 is 0 Å². The zero-order chi connectivity index (χ0) is 13.5. The molecule has 5 nitrogen and oxygen atoms in total. The summed E-state index contributed by atoms with van der Waals surface area (Å²) in [5, 5.41) is 3.29. The maximum atomic E-state index is 5.90. The number of rotatable bonds is 6. The van der Waals surface area contributed by atoms with Gasteiger partial charge in [-0.15, -0.1) is 12.3 Å². The zero-order valence-corrected chi connectivity index (χ0v) is 11.7. The maximum absolute atomic E-state index is 5.90. The van der Waals surface area contributed by atoms with Crippen molar-refractivity contribution in [3.8, 4) is 12.3 Å². The number of aromatic nitrogens is 3. The maximum Gasteiger partial charge on any atom is 0.231 e. The molecule has 6 heteroatoms. The molecule has 1 unspecified atom stereocenters. The van der Waals surface area contributed by atoms with Crippen LogP contribution in [0.4, 0.5) is 11.9 Å². The first-order valence-electron chi connectivity index (χ1n) is 5.97. The number of nitrogens with zero attached hydrogens (tertiary/aromatic N) is 4. The fourth-order valence-electron chi connectivity index (χ4n) is 1.50. The molecule has 1 atom stereocenters. The summed E-state index contributed by atoms with van der Waals surface area (Å²) in [5.74, 6) is 3.62. The normalized spacial score (nSPS) is 11.7. The molecule has 0 aliphatic carbocycles. The molecule has 1 aromatic rings. The first-order chi connectivity index (χ1) is 8.60. The van der Waals surface area contributed by atoms with Crippen LogP contribution in [0.1, 0.15) is 27.2 Å². The van der Waals surface area contributed by atoms with Crippen molar-refractivity contribution in [3.63, 3.8) is 0 Å². The van der Waals surface area contributed by atoms with Crippen LogP contribution in [-0.2, 0) is 0 Å². The molecule has 0 amide bonds. The van der Waals surface area contributed by atoms with Gasteiger partial charge in [-0.1, -0.05) is 0 Å². The lowest BCUT2D eigenvalue weighted by atomic mass is 10.2. The van der Waals surface area contributed by atoms with Crippen molar-refractivity contribution in [2.24, 2.45) is 0 Å². The molecular weight excluding hydrogens is 250 g/mol. The van der Waals surface area contributed by atoms with Gasteiger partial charge in [0.2, 0.25) is 17.2 Å². The summed E-state index contributed by atoms with van der Waals surface area (Å²) in [6, 6.07) is 0.0954. The molecule has 18 heavy (non-hydrogen) atoms. The molecule has 0 aliphatic rings. The van der Waals surface area contributed by atoms with E-state index in [1.165, 1.54) is 0 Å². The Kier molecular flexibility index (Phi) is 5.66. The van der Waals surface area contributed by atoms with Gasteiger partial charge in [-0.05, 0) is 32.4 Å². The fraction of sp³-hybridized carbons (Fsp3) is 0.583. The summed E-state index contributed by atoms with van der Waals surface area (Å²) in [5.41, 5.74) is 0. The van der Waals surface area contributed by atoms with E-state index in [0.717, 1.165) is 13.1 Å². The van der Waals surface area contributed by atoms with E-state index in [4.69, 9.17) is 18.0 Å². The molecule has 1 rings (SSSR count). The van der Waals surface area contributed by atoms with Crippen molar-refractivity contribution in [3.05, 3.63) is 5.28 Å². The Morgan fingerprint density at radius 3 is 2.56 bits per heavy atom. The van der Waals surface area contributed by atoms with Gasteiger partial charge in [0.1, 0.15) is 0 Å². The van der Waals surface area contributed by atoms with E-state index in [-0.39, 0.29) is 11.3 Å². The Morgan fingerprint density at radius 1 is 1.33 bits per heavy atom. The number of hydrogen-bond donors (Lipinski definition) is 1. The van der Waals surface area contributed by atoms with Gasteiger partial charge in [0.25, 0.3) is 0 Å². The molecule has 0 spiro atoms. The van der Waals surface area contributed by atoms with Gasteiger partial charge in [0.05, 0.1) is 0 Å². The molecule has 98 valence electrons. The van der Waals surface area contributed by atoms with E-state index in [0.29, 0.717) is 18.3 Å². The summed E-state index contributed by atoms with van der Waals surface area (Å²) >= 11 is 5.90. The number of hydrogen-bond acceptors (Lipinski definition) is 5. The smallest absolute Gasteiger partial charge is 0.231 e. The predicted molar refractivity (Wildman–Crippen MR) is 74.9 cm³/mol. The summed E-state index contributed by atoms with van der Waals surface area (Å²) in [7, 11) is 0. The molecule has 0 aromatic carbocycles. The number of halogens is 1. The van der Waals surface area contributed by atoms with Gasteiger partial charge in [0.15, 0.2) is 0 Å². The highest BCUT2D eigenvalue weighted by Crippen LogP contribution is 2.14. The van der Waals surface area contributed by atoms with Crippen molar-refractivity contribution in [2.45, 2.75) is 33.2 Å². The third-order valence-electron chi connectivity index (χ3n) is 2.44. The molecule has 1 N–H and O–H groups in total. The zero-order valence-electron chi connectivity index (χ0n) is 10.9. The number of terminal acetylenes is 1. The second kappa shape index (κ2) is 7.02. The molecule has 0 aliphatic heterocycles. The second-order valence-corrected chi connectivity index (χ2v) is 4.19. The molecule has 1 heterocycles. The predicted octanol–water partition coefficient (Wildman–Crippen LogP) is 2.19. The van der Waals surface area contributed by atoms with Crippen LogP contribution in [0.5, 0.6) is 0 Å². The lowest BCUT2D eigenvalue weighted by Gasteiger charge is -2.19. The lowest BCUT2D eigenvalue weighted by Crippen LogP contribution is -2.25. The van der Waals surface area contributed by atoms with Crippen molar-refractivity contribution in [1.29, 1.82) is 0 Å². The van der Waals surface area contributed by atoms with Crippen molar-refractivity contribution < 1.29 is 0 Å². The first-order valence-corrected chi connectivity index (χ1v) is 6.35. The summed E-state index contributed by atoms with van der Waals surface area (Å²) in [4.78, 5) is 14.5. The second-order valence-electron chi connectivity index (χ2n) is 3.85. The van der Waals surface area contributed by atoms with Crippen LogP contribution in [-0.4, -0.2) is 34.1 Å².